The van der Waals surface area contributed by atoms with Crippen molar-refractivity contribution in [3.05, 3.63) is 18.0 Å². The van der Waals surface area contributed by atoms with Crippen LogP contribution in [0.2, 0.25) is 0 Å². The summed E-state index contributed by atoms with van der Waals surface area (Å²) in [6, 6.07) is 2.14. The summed E-state index contributed by atoms with van der Waals surface area (Å²) >= 11 is 0. The fraction of sp³-hybridized carbons (Fsp3) is 0.500. The molecule has 3 aromatic rings. The minimum atomic E-state index is -3.78. The SMILES string of the molecule is Nc1nc2c3c(ccc2c2nc(CCN4CC5CC4C(F)(F)C5)nn12)OC(F)(F)O3. The van der Waals surface area contributed by atoms with Crippen molar-refractivity contribution in [1.29, 1.82) is 0 Å². The average molecular weight is 424 g/mol. The van der Waals surface area contributed by atoms with Crippen LogP contribution in [-0.2, 0) is 6.42 Å². The molecule has 2 fully saturated rings. The number of nitrogens with two attached hydrogens (primary N) is 1. The van der Waals surface area contributed by atoms with Crippen LogP contribution in [0.3, 0.4) is 0 Å². The first-order valence-corrected chi connectivity index (χ1v) is 9.56. The minimum absolute atomic E-state index is 0.0326. The van der Waals surface area contributed by atoms with Gasteiger partial charge in [-0.1, -0.05) is 0 Å². The highest BCUT2D eigenvalue weighted by molar-refractivity contribution is 5.97. The lowest BCUT2D eigenvalue weighted by Crippen LogP contribution is -2.46. The van der Waals surface area contributed by atoms with Crippen molar-refractivity contribution in [1.82, 2.24) is 24.5 Å². The van der Waals surface area contributed by atoms with Crippen LogP contribution in [0.5, 0.6) is 11.5 Å². The number of rotatable bonds is 3. The molecule has 3 aliphatic rings. The van der Waals surface area contributed by atoms with E-state index >= 15 is 0 Å². The quantitative estimate of drug-likeness (QED) is 0.646. The van der Waals surface area contributed by atoms with E-state index in [1.807, 2.05) is 0 Å². The highest BCUT2D eigenvalue weighted by atomic mass is 19.3. The molecular weight excluding hydrogens is 408 g/mol. The van der Waals surface area contributed by atoms with E-state index < -0.39 is 18.3 Å². The van der Waals surface area contributed by atoms with Crippen molar-refractivity contribution in [3.8, 4) is 11.5 Å². The molecule has 2 unspecified atom stereocenters. The van der Waals surface area contributed by atoms with Gasteiger partial charge in [0.25, 0.3) is 5.92 Å². The van der Waals surface area contributed by atoms with Gasteiger partial charge in [0.1, 0.15) is 5.52 Å². The molecule has 2 N–H and O–H groups in total. The molecule has 2 aromatic heterocycles. The first-order valence-electron chi connectivity index (χ1n) is 9.56. The summed E-state index contributed by atoms with van der Waals surface area (Å²) in [5, 5.41) is 4.74. The number of anilines is 1. The fourth-order valence-corrected chi connectivity index (χ4v) is 4.84. The van der Waals surface area contributed by atoms with Crippen molar-refractivity contribution in [2.75, 3.05) is 18.8 Å². The predicted molar refractivity (Wildman–Crippen MR) is 95.6 cm³/mol. The zero-order valence-electron chi connectivity index (χ0n) is 15.5. The molecule has 1 saturated heterocycles. The van der Waals surface area contributed by atoms with Crippen LogP contribution in [0.15, 0.2) is 12.1 Å². The van der Waals surface area contributed by atoms with Crippen molar-refractivity contribution < 1.29 is 27.0 Å². The van der Waals surface area contributed by atoms with Crippen LogP contribution in [0.1, 0.15) is 18.7 Å². The number of likely N-dealkylation sites (tertiary alicyclic amines) is 1. The summed E-state index contributed by atoms with van der Waals surface area (Å²) in [5.74, 6) is -2.63. The Bertz CT molecular complexity index is 1200. The normalized spacial score (nSPS) is 26.3. The maximum atomic E-state index is 14.0. The lowest BCUT2D eigenvalue weighted by molar-refractivity contribution is -0.286. The van der Waals surface area contributed by atoms with Gasteiger partial charge in [0.05, 0.1) is 6.04 Å². The van der Waals surface area contributed by atoms with Crippen molar-refractivity contribution in [2.24, 2.45) is 5.92 Å². The minimum Gasteiger partial charge on any atom is -0.395 e. The van der Waals surface area contributed by atoms with Crippen LogP contribution in [0.4, 0.5) is 23.5 Å². The number of hydrogen-bond acceptors (Lipinski definition) is 7. The second-order valence-corrected chi connectivity index (χ2v) is 8.02. The maximum Gasteiger partial charge on any atom is 0.586 e. The Morgan fingerprint density at radius 2 is 2.00 bits per heavy atom. The maximum absolute atomic E-state index is 14.0. The first kappa shape index (κ1) is 17.9. The van der Waals surface area contributed by atoms with E-state index in [1.165, 1.54) is 16.6 Å². The molecule has 6 rings (SSSR count). The highest BCUT2D eigenvalue weighted by Gasteiger charge is 2.56. The number of nitrogens with zero attached hydrogens (tertiary/aromatic N) is 5. The van der Waals surface area contributed by atoms with Crippen LogP contribution in [0.25, 0.3) is 16.6 Å². The van der Waals surface area contributed by atoms with Crippen LogP contribution >= 0.6 is 0 Å². The molecule has 12 heteroatoms. The second kappa shape index (κ2) is 5.62. The lowest BCUT2D eigenvalue weighted by Gasteiger charge is -2.32. The van der Waals surface area contributed by atoms with E-state index in [0.717, 1.165) is 0 Å². The fourth-order valence-electron chi connectivity index (χ4n) is 4.84. The summed E-state index contributed by atoms with van der Waals surface area (Å²) in [6.07, 6.45) is -2.95. The number of fused-ring (bicyclic) bond motifs is 7. The summed E-state index contributed by atoms with van der Waals surface area (Å²) in [5.41, 5.74) is 6.37. The molecule has 2 bridgehead atoms. The third-order valence-electron chi connectivity index (χ3n) is 6.04. The number of nitrogen functional groups attached to an aromatic ring is 1. The van der Waals surface area contributed by atoms with Gasteiger partial charge in [0, 0.05) is 31.3 Å². The number of aromatic nitrogens is 4. The van der Waals surface area contributed by atoms with Gasteiger partial charge in [-0.05, 0) is 24.5 Å². The van der Waals surface area contributed by atoms with Crippen molar-refractivity contribution in [2.45, 2.75) is 37.5 Å². The smallest absolute Gasteiger partial charge is 0.395 e. The second-order valence-electron chi connectivity index (χ2n) is 8.02. The van der Waals surface area contributed by atoms with Crippen molar-refractivity contribution >= 4 is 22.5 Å². The van der Waals surface area contributed by atoms with E-state index in [0.29, 0.717) is 42.8 Å². The molecule has 4 heterocycles. The Labute approximate surface area is 166 Å². The van der Waals surface area contributed by atoms with Gasteiger partial charge in [-0.2, -0.15) is 4.52 Å². The molecular formula is C18H16F4N6O2. The molecule has 2 aliphatic heterocycles. The number of piperidine rings is 1. The Hall–Kier alpha value is -2.89. The Morgan fingerprint density at radius 1 is 1.17 bits per heavy atom. The van der Waals surface area contributed by atoms with E-state index in [9.17, 15) is 17.6 Å². The van der Waals surface area contributed by atoms with E-state index in [-0.39, 0.29) is 35.3 Å². The van der Waals surface area contributed by atoms with Gasteiger partial charge in [-0.25, -0.2) is 18.7 Å². The molecule has 0 amide bonds. The zero-order valence-corrected chi connectivity index (χ0v) is 15.5. The standard InChI is InChI=1S/C18H16F4N6O2/c19-17(20)6-8-5-11(17)27(7-8)4-3-12-24-15-9-1-2-10-14(30-18(21,22)29-10)13(9)25-16(23)28(15)26-12/h1-2,8,11H,3-7H2,(H2,23,25). The van der Waals surface area contributed by atoms with Gasteiger partial charge in [-0.3, -0.25) is 4.90 Å². The molecule has 2 atom stereocenters. The predicted octanol–water partition coefficient (Wildman–Crippen LogP) is 2.45. The number of halogens is 4. The number of alkyl halides is 4. The molecule has 1 saturated carbocycles. The first-order chi connectivity index (χ1) is 14.2. The Kier molecular flexibility index (Phi) is 3.36. The molecule has 1 aromatic carbocycles. The van der Waals surface area contributed by atoms with Crippen LogP contribution < -0.4 is 15.2 Å². The monoisotopic (exact) mass is 424 g/mol. The molecule has 0 spiro atoms. The van der Waals surface area contributed by atoms with Gasteiger partial charge in [0.15, 0.2) is 23.0 Å². The molecule has 158 valence electrons. The molecule has 30 heavy (non-hydrogen) atoms. The highest BCUT2D eigenvalue weighted by Crippen LogP contribution is 2.48. The van der Waals surface area contributed by atoms with E-state index in [4.69, 9.17) is 5.73 Å². The van der Waals surface area contributed by atoms with Gasteiger partial charge in [-0.15, -0.1) is 13.9 Å². The summed E-state index contributed by atoms with van der Waals surface area (Å²) < 4.78 is 65.2. The lowest BCUT2D eigenvalue weighted by atomic mass is 10.1. The summed E-state index contributed by atoms with van der Waals surface area (Å²) in [4.78, 5) is 10.4. The Morgan fingerprint density at radius 3 is 2.77 bits per heavy atom. The van der Waals surface area contributed by atoms with Crippen molar-refractivity contribution in [3.63, 3.8) is 0 Å². The Balaban J connectivity index is 1.33. The number of benzene rings is 1. The third kappa shape index (κ3) is 2.52. The summed E-state index contributed by atoms with van der Waals surface area (Å²) in [6.45, 7) is 1.05. The zero-order chi connectivity index (χ0) is 20.8. The third-order valence-corrected chi connectivity index (χ3v) is 6.04. The largest absolute Gasteiger partial charge is 0.586 e. The van der Waals surface area contributed by atoms with E-state index in [2.05, 4.69) is 24.5 Å². The molecule has 0 radical (unpaired) electrons. The molecule has 8 nitrogen and oxygen atoms in total. The average Bonchev–Trinajstić information content (AvgIpc) is 3.38. The number of hydrogen-bond donors (Lipinski definition) is 1. The van der Waals surface area contributed by atoms with Crippen LogP contribution in [-0.4, -0.2) is 55.8 Å². The summed E-state index contributed by atoms with van der Waals surface area (Å²) in [7, 11) is 0. The van der Waals surface area contributed by atoms with Crippen LogP contribution in [0, 0.1) is 5.92 Å². The van der Waals surface area contributed by atoms with Gasteiger partial charge < -0.3 is 15.2 Å². The molecule has 1 aliphatic carbocycles. The topological polar surface area (TPSA) is 90.8 Å². The number of ether oxygens (including phenoxy) is 2. The van der Waals surface area contributed by atoms with Gasteiger partial charge >= 0.3 is 6.29 Å². The van der Waals surface area contributed by atoms with E-state index in [1.54, 1.807) is 4.90 Å². The van der Waals surface area contributed by atoms with Gasteiger partial charge in [0.2, 0.25) is 5.95 Å².